The highest BCUT2D eigenvalue weighted by molar-refractivity contribution is 7.14. The first-order chi connectivity index (χ1) is 15.8. The summed E-state index contributed by atoms with van der Waals surface area (Å²) in [5, 5.41) is 2.67. The van der Waals surface area contributed by atoms with Crippen LogP contribution in [0.5, 0.6) is 5.75 Å². The van der Waals surface area contributed by atoms with Crippen molar-refractivity contribution in [3.8, 4) is 5.75 Å². The zero-order chi connectivity index (χ0) is 21.5. The molecule has 0 N–H and O–H groups in total. The lowest BCUT2D eigenvalue weighted by atomic mass is 10.1. The Morgan fingerprint density at radius 3 is 2.28 bits per heavy atom. The number of hydrogen-bond donors (Lipinski definition) is 0. The third-order valence-electron chi connectivity index (χ3n) is 6.66. The zero-order valence-corrected chi connectivity index (χ0v) is 19.1. The molecule has 0 atom stereocenters. The maximum absolute atomic E-state index is 5.54. The number of hydrogen-bond acceptors (Lipinski definition) is 4. The molecule has 0 spiro atoms. The van der Waals surface area contributed by atoms with Crippen LogP contribution in [0.4, 0.5) is 0 Å². The minimum Gasteiger partial charge on any atom is -0.497 e. The number of piperazine rings is 1. The third-order valence-corrected chi connectivity index (χ3v) is 7.78. The predicted octanol–water partition coefficient (Wildman–Crippen LogP) is 5.63. The van der Waals surface area contributed by atoms with E-state index in [2.05, 4.69) is 86.4 Å². The number of rotatable bonds is 5. The number of methoxy groups -OCH3 is 1. The van der Waals surface area contributed by atoms with Gasteiger partial charge in [0.25, 0.3) is 0 Å². The van der Waals surface area contributed by atoms with Crippen LogP contribution in [0.15, 0.2) is 72.8 Å². The summed E-state index contributed by atoms with van der Waals surface area (Å²) in [6.07, 6.45) is 0. The van der Waals surface area contributed by atoms with Crippen molar-refractivity contribution in [3.63, 3.8) is 0 Å². The molecule has 1 aliphatic heterocycles. The molecule has 3 heterocycles. The quantitative estimate of drug-likeness (QED) is 0.352. The number of fused-ring (bicyclic) bond motifs is 5. The second kappa shape index (κ2) is 8.24. The van der Waals surface area contributed by atoms with Gasteiger partial charge in [0.05, 0.1) is 22.8 Å². The van der Waals surface area contributed by atoms with Gasteiger partial charge in [-0.2, -0.15) is 0 Å². The van der Waals surface area contributed by atoms with Crippen molar-refractivity contribution < 1.29 is 4.74 Å². The molecule has 3 aromatic carbocycles. The number of benzene rings is 3. The van der Waals surface area contributed by atoms with Crippen LogP contribution in [-0.2, 0) is 13.1 Å². The molecule has 2 aromatic heterocycles. The molecular weight excluding hydrogens is 414 g/mol. The van der Waals surface area contributed by atoms with E-state index in [4.69, 9.17) is 4.74 Å². The topological polar surface area (TPSA) is 20.1 Å². The fourth-order valence-corrected chi connectivity index (χ4v) is 6.11. The Kier molecular flexibility index (Phi) is 5.10. The monoisotopic (exact) mass is 441 g/mol. The minimum absolute atomic E-state index is 0.920. The molecule has 6 rings (SSSR count). The summed E-state index contributed by atoms with van der Waals surface area (Å²) in [5.74, 6) is 0.920. The lowest BCUT2D eigenvalue weighted by Crippen LogP contribution is -2.45. The highest BCUT2D eigenvalue weighted by Gasteiger charge is 2.22. The largest absolute Gasteiger partial charge is 0.497 e. The number of nitrogens with zero attached hydrogens (tertiary/aromatic N) is 3. The summed E-state index contributed by atoms with van der Waals surface area (Å²) < 4.78 is 9.27. The van der Waals surface area contributed by atoms with Crippen molar-refractivity contribution in [2.75, 3.05) is 33.3 Å². The van der Waals surface area contributed by atoms with E-state index in [1.807, 2.05) is 11.5 Å². The van der Waals surface area contributed by atoms with E-state index in [9.17, 15) is 0 Å². The molecule has 0 unspecified atom stereocenters. The Morgan fingerprint density at radius 2 is 1.50 bits per heavy atom. The van der Waals surface area contributed by atoms with Gasteiger partial charge in [0.15, 0.2) is 0 Å². The van der Waals surface area contributed by atoms with Crippen molar-refractivity contribution in [1.82, 2.24) is 13.6 Å². The molecule has 1 saturated heterocycles. The van der Waals surface area contributed by atoms with Gasteiger partial charge in [0.2, 0.25) is 0 Å². The van der Waals surface area contributed by atoms with Crippen molar-refractivity contribution in [2.45, 2.75) is 13.1 Å². The molecule has 0 radical (unpaired) electrons. The van der Waals surface area contributed by atoms with Gasteiger partial charge in [-0.25, -0.2) is 0 Å². The van der Waals surface area contributed by atoms with E-state index in [1.165, 1.54) is 37.6 Å². The Bertz CT molecular complexity index is 1380. The molecule has 1 aliphatic rings. The van der Waals surface area contributed by atoms with Gasteiger partial charge < -0.3 is 4.74 Å². The highest BCUT2D eigenvalue weighted by atomic mass is 32.1. The first-order valence-electron chi connectivity index (χ1n) is 11.3. The van der Waals surface area contributed by atoms with Crippen LogP contribution in [-0.4, -0.2) is 46.9 Å². The summed E-state index contributed by atoms with van der Waals surface area (Å²) in [6.45, 7) is 6.46. The molecule has 0 aliphatic carbocycles. The highest BCUT2D eigenvalue weighted by Crippen LogP contribution is 2.38. The summed E-state index contributed by atoms with van der Waals surface area (Å²) >= 11 is 1.83. The normalized spacial score (nSPS) is 15.8. The van der Waals surface area contributed by atoms with E-state index in [1.54, 1.807) is 7.11 Å². The second-order valence-electron chi connectivity index (χ2n) is 8.63. The summed E-state index contributed by atoms with van der Waals surface area (Å²) in [7, 11) is 1.75. The zero-order valence-electron chi connectivity index (χ0n) is 18.3. The Morgan fingerprint density at radius 1 is 0.781 bits per heavy atom. The Balaban J connectivity index is 1.31. The summed E-state index contributed by atoms with van der Waals surface area (Å²) in [5.41, 5.74) is 5.49. The molecule has 0 amide bonds. The fourth-order valence-electron chi connectivity index (χ4n) is 4.97. The molecule has 4 nitrogen and oxygen atoms in total. The Hall–Kier alpha value is -2.86. The lowest BCUT2D eigenvalue weighted by molar-refractivity contribution is 0.122. The summed E-state index contributed by atoms with van der Waals surface area (Å²) in [6, 6.07) is 26.1. The van der Waals surface area contributed by atoms with Gasteiger partial charge in [-0.15, -0.1) is 0 Å². The molecule has 5 aromatic rings. The van der Waals surface area contributed by atoms with Gasteiger partial charge in [-0.05, 0) is 29.8 Å². The lowest BCUT2D eigenvalue weighted by Gasteiger charge is -2.34. The van der Waals surface area contributed by atoms with E-state index >= 15 is 0 Å². The van der Waals surface area contributed by atoms with Gasteiger partial charge in [-0.1, -0.05) is 60.1 Å². The van der Waals surface area contributed by atoms with Crippen molar-refractivity contribution in [2.24, 2.45) is 0 Å². The van der Waals surface area contributed by atoms with Crippen LogP contribution in [0.1, 0.15) is 11.1 Å². The van der Waals surface area contributed by atoms with E-state index in [0.717, 1.165) is 45.0 Å². The van der Waals surface area contributed by atoms with Gasteiger partial charge in [-0.3, -0.25) is 13.6 Å². The smallest absolute Gasteiger partial charge is 0.119 e. The first-order valence-corrected chi connectivity index (χ1v) is 12.1. The van der Waals surface area contributed by atoms with Crippen LogP contribution in [0, 0.1) is 0 Å². The predicted molar refractivity (Wildman–Crippen MR) is 134 cm³/mol. The van der Waals surface area contributed by atoms with Gasteiger partial charge >= 0.3 is 0 Å². The third kappa shape index (κ3) is 3.47. The average Bonchev–Trinajstić information content (AvgIpc) is 3.36. The number of ether oxygens (including phenoxy) is 1. The molecule has 1 fully saturated rings. The average molecular weight is 442 g/mol. The van der Waals surface area contributed by atoms with Crippen molar-refractivity contribution in [1.29, 1.82) is 0 Å². The first kappa shape index (κ1) is 19.8. The van der Waals surface area contributed by atoms with Crippen LogP contribution < -0.4 is 4.74 Å². The molecule has 162 valence electrons. The van der Waals surface area contributed by atoms with E-state index in [-0.39, 0.29) is 0 Å². The Labute approximate surface area is 192 Å². The van der Waals surface area contributed by atoms with Gasteiger partial charge in [0, 0.05) is 55.6 Å². The summed E-state index contributed by atoms with van der Waals surface area (Å²) in [4.78, 5) is 5.19. The molecule has 5 heteroatoms. The molecule has 32 heavy (non-hydrogen) atoms. The van der Waals surface area contributed by atoms with Crippen molar-refractivity contribution >= 4 is 38.0 Å². The van der Waals surface area contributed by atoms with Crippen LogP contribution in [0.2, 0.25) is 0 Å². The molecule has 0 saturated carbocycles. The van der Waals surface area contributed by atoms with Crippen LogP contribution >= 0.6 is 11.5 Å². The maximum Gasteiger partial charge on any atom is 0.119 e. The number of para-hydroxylation sites is 1. The molecular formula is C27H27N3OS. The molecule has 0 bridgehead atoms. The van der Waals surface area contributed by atoms with Crippen LogP contribution in [0.3, 0.4) is 0 Å². The second-order valence-corrected chi connectivity index (χ2v) is 9.62. The van der Waals surface area contributed by atoms with Crippen LogP contribution in [0.25, 0.3) is 26.5 Å². The fraction of sp³-hybridized carbons (Fsp3) is 0.259. The number of aromatic nitrogens is 1. The maximum atomic E-state index is 5.54. The van der Waals surface area contributed by atoms with Gasteiger partial charge in [0.1, 0.15) is 5.75 Å². The van der Waals surface area contributed by atoms with Crippen molar-refractivity contribution in [3.05, 3.63) is 83.9 Å². The van der Waals surface area contributed by atoms with E-state index in [0.29, 0.717) is 0 Å². The standard InChI is InChI=1S/C27H27N3OS/c1-31-21-11-12-26-23(17-21)27-24(22-9-5-6-10-25(22)30(27)32-26)19-29-15-13-28(14-16-29)18-20-7-3-2-4-8-20/h2-12,17H,13-16,18-19H2,1H3. The van der Waals surface area contributed by atoms with E-state index < -0.39 is 0 Å². The minimum atomic E-state index is 0.920. The SMILES string of the molecule is COc1ccc2sn3c4ccccc4c(CN4CCN(Cc5ccccc5)CC4)c3c2c1.